The number of nitrogens with zero attached hydrogens (tertiary/aromatic N) is 2. The molecule has 2 aromatic carbocycles. The first-order chi connectivity index (χ1) is 14.1. The molecule has 0 atom stereocenters. The van der Waals surface area contributed by atoms with E-state index in [2.05, 4.69) is 24.0 Å². The summed E-state index contributed by atoms with van der Waals surface area (Å²) in [7, 11) is 3.28. The number of aryl methyl sites for hydroxylation is 1. The molecule has 0 fully saturated rings. The van der Waals surface area contributed by atoms with Gasteiger partial charge in [0, 0.05) is 22.1 Å². The first-order valence-electron chi connectivity index (χ1n) is 9.18. The lowest BCUT2D eigenvalue weighted by Gasteiger charge is -2.08. The molecule has 2 heterocycles. The molecule has 0 aliphatic carbocycles. The van der Waals surface area contributed by atoms with E-state index in [1.807, 2.05) is 36.4 Å². The van der Waals surface area contributed by atoms with Gasteiger partial charge in [0.25, 0.3) is 0 Å². The summed E-state index contributed by atoms with van der Waals surface area (Å²) in [5.41, 5.74) is 9.96. The SMILES string of the molecule is CCc1sc(-c2nc(N)sc2-c2cc(OC)cc(OC)c2)nc1-c1ccccc1. The maximum absolute atomic E-state index is 6.11. The summed E-state index contributed by atoms with van der Waals surface area (Å²) >= 11 is 3.11. The van der Waals surface area contributed by atoms with E-state index in [0.29, 0.717) is 5.13 Å². The zero-order valence-corrected chi connectivity index (χ0v) is 18.1. The summed E-state index contributed by atoms with van der Waals surface area (Å²) in [6.07, 6.45) is 0.907. The number of aromatic nitrogens is 2. The lowest BCUT2D eigenvalue weighted by molar-refractivity contribution is 0.394. The van der Waals surface area contributed by atoms with E-state index in [9.17, 15) is 0 Å². The molecule has 148 valence electrons. The molecule has 5 nitrogen and oxygen atoms in total. The second-order valence-electron chi connectivity index (χ2n) is 6.34. The zero-order chi connectivity index (χ0) is 20.4. The van der Waals surface area contributed by atoms with E-state index in [4.69, 9.17) is 20.2 Å². The highest BCUT2D eigenvalue weighted by molar-refractivity contribution is 7.20. The third-order valence-corrected chi connectivity index (χ3v) is 6.67. The Morgan fingerprint density at radius 3 is 2.17 bits per heavy atom. The van der Waals surface area contributed by atoms with E-state index >= 15 is 0 Å². The molecule has 29 heavy (non-hydrogen) atoms. The van der Waals surface area contributed by atoms with Crippen LogP contribution in [0.3, 0.4) is 0 Å². The van der Waals surface area contributed by atoms with Crippen molar-refractivity contribution in [1.29, 1.82) is 0 Å². The standard InChI is InChI=1S/C22H21N3O2S2/c1-4-17-18(13-8-6-5-7-9-13)24-21(28-17)19-20(29-22(23)25-19)14-10-15(26-2)12-16(11-14)27-3/h5-12H,4H2,1-3H3,(H2,23,25). The van der Waals surface area contributed by atoms with Crippen LogP contribution in [0.25, 0.3) is 32.4 Å². The smallest absolute Gasteiger partial charge is 0.181 e. The van der Waals surface area contributed by atoms with Crippen molar-refractivity contribution in [2.24, 2.45) is 0 Å². The number of anilines is 1. The van der Waals surface area contributed by atoms with Gasteiger partial charge in [0.2, 0.25) is 0 Å². The van der Waals surface area contributed by atoms with Gasteiger partial charge in [-0.15, -0.1) is 11.3 Å². The van der Waals surface area contributed by atoms with Crippen LogP contribution in [0.4, 0.5) is 5.13 Å². The van der Waals surface area contributed by atoms with Crippen molar-refractivity contribution >= 4 is 27.8 Å². The number of nitrogen functional groups attached to an aromatic ring is 1. The van der Waals surface area contributed by atoms with Crippen molar-refractivity contribution < 1.29 is 9.47 Å². The van der Waals surface area contributed by atoms with Crippen LogP contribution in [0.1, 0.15) is 11.8 Å². The van der Waals surface area contributed by atoms with E-state index in [1.165, 1.54) is 16.2 Å². The second-order valence-corrected chi connectivity index (χ2v) is 8.46. The fourth-order valence-electron chi connectivity index (χ4n) is 3.13. The van der Waals surface area contributed by atoms with Gasteiger partial charge in [-0.05, 0) is 18.6 Å². The molecule has 0 saturated heterocycles. The highest BCUT2D eigenvalue weighted by atomic mass is 32.1. The summed E-state index contributed by atoms with van der Waals surface area (Å²) in [6, 6.07) is 16.0. The number of thiazole rings is 2. The van der Waals surface area contributed by atoms with Crippen LogP contribution in [0.5, 0.6) is 11.5 Å². The predicted octanol–water partition coefficient (Wildman–Crippen LogP) is 5.76. The van der Waals surface area contributed by atoms with E-state index < -0.39 is 0 Å². The van der Waals surface area contributed by atoms with Crippen molar-refractivity contribution in [2.75, 3.05) is 20.0 Å². The minimum Gasteiger partial charge on any atom is -0.497 e. The Morgan fingerprint density at radius 1 is 0.862 bits per heavy atom. The fourth-order valence-corrected chi connectivity index (χ4v) is 5.03. The maximum Gasteiger partial charge on any atom is 0.181 e. The largest absolute Gasteiger partial charge is 0.497 e. The minimum atomic E-state index is 0.506. The van der Waals surface area contributed by atoms with Crippen LogP contribution in [-0.4, -0.2) is 24.2 Å². The molecule has 0 amide bonds. The van der Waals surface area contributed by atoms with Gasteiger partial charge in [-0.1, -0.05) is 48.6 Å². The third-order valence-electron chi connectivity index (χ3n) is 4.53. The molecule has 7 heteroatoms. The maximum atomic E-state index is 6.11. The molecule has 4 rings (SSSR count). The van der Waals surface area contributed by atoms with Crippen LogP contribution in [0, 0.1) is 0 Å². The predicted molar refractivity (Wildman–Crippen MR) is 121 cm³/mol. The van der Waals surface area contributed by atoms with Crippen LogP contribution < -0.4 is 15.2 Å². The lowest BCUT2D eigenvalue weighted by atomic mass is 10.1. The van der Waals surface area contributed by atoms with Gasteiger partial charge in [0.15, 0.2) is 5.13 Å². The first kappa shape index (κ1) is 19.4. The van der Waals surface area contributed by atoms with Crippen molar-refractivity contribution in [1.82, 2.24) is 9.97 Å². The minimum absolute atomic E-state index is 0.506. The van der Waals surface area contributed by atoms with Crippen LogP contribution in [0.2, 0.25) is 0 Å². The quantitative estimate of drug-likeness (QED) is 0.427. The molecule has 0 radical (unpaired) electrons. The summed E-state index contributed by atoms with van der Waals surface area (Å²) in [5, 5.41) is 1.37. The molecule has 4 aromatic rings. The van der Waals surface area contributed by atoms with Gasteiger partial charge in [-0.25, -0.2) is 9.97 Å². The topological polar surface area (TPSA) is 70.3 Å². The van der Waals surface area contributed by atoms with Gasteiger partial charge < -0.3 is 15.2 Å². The van der Waals surface area contributed by atoms with Crippen LogP contribution in [-0.2, 0) is 6.42 Å². The first-order valence-corrected chi connectivity index (χ1v) is 10.8. The van der Waals surface area contributed by atoms with E-state index in [0.717, 1.165) is 50.3 Å². The second kappa shape index (κ2) is 8.23. The zero-order valence-electron chi connectivity index (χ0n) is 16.4. The van der Waals surface area contributed by atoms with Crippen molar-refractivity contribution in [3.05, 3.63) is 53.4 Å². The number of nitrogens with two attached hydrogens (primary N) is 1. The lowest BCUT2D eigenvalue weighted by Crippen LogP contribution is -1.89. The third kappa shape index (κ3) is 3.83. The van der Waals surface area contributed by atoms with E-state index in [-0.39, 0.29) is 0 Å². The number of methoxy groups -OCH3 is 2. The normalized spacial score (nSPS) is 10.9. The van der Waals surface area contributed by atoms with Gasteiger partial charge in [0.05, 0.1) is 24.8 Å². The van der Waals surface area contributed by atoms with Crippen molar-refractivity contribution in [3.8, 4) is 43.9 Å². The molecular formula is C22H21N3O2S2. The Balaban J connectivity index is 1.86. The summed E-state index contributed by atoms with van der Waals surface area (Å²) in [4.78, 5) is 11.7. The summed E-state index contributed by atoms with van der Waals surface area (Å²) < 4.78 is 10.9. The molecule has 0 bridgehead atoms. The number of benzene rings is 2. The van der Waals surface area contributed by atoms with Gasteiger partial charge in [-0.3, -0.25) is 0 Å². The summed E-state index contributed by atoms with van der Waals surface area (Å²) in [5.74, 6) is 1.44. The van der Waals surface area contributed by atoms with Gasteiger partial charge in [-0.2, -0.15) is 0 Å². The Labute approximate surface area is 177 Å². The summed E-state index contributed by atoms with van der Waals surface area (Å²) in [6.45, 7) is 2.15. The number of rotatable bonds is 6. The molecule has 0 aliphatic heterocycles. The van der Waals surface area contributed by atoms with Crippen molar-refractivity contribution in [2.45, 2.75) is 13.3 Å². The Kier molecular flexibility index (Phi) is 5.51. The molecule has 0 saturated carbocycles. The molecule has 2 aromatic heterocycles. The average Bonchev–Trinajstić information content (AvgIpc) is 3.37. The number of ether oxygens (including phenoxy) is 2. The molecular weight excluding hydrogens is 402 g/mol. The number of hydrogen-bond donors (Lipinski definition) is 1. The molecule has 0 spiro atoms. The fraction of sp³-hybridized carbons (Fsp3) is 0.182. The average molecular weight is 424 g/mol. The molecule has 0 aliphatic rings. The van der Waals surface area contributed by atoms with Crippen LogP contribution >= 0.6 is 22.7 Å². The molecule has 0 unspecified atom stereocenters. The Bertz CT molecular complexity index is 1110. The highest BCUT2D eigenvalue weighted by Gasteiger charge is 2.21. The monoisotopic (exact) mass is 423 g/mol. The Morgan fingerprint density at radius 2 is 1.55 bits per heavy atom. The number of hydrogen-bond acceptors (Lipinski definition) is 7. The van der Waals surface area contributed by atoms with Crippen LogP contribution in [0.15, 0.2) is 48.5 Å². The van der Waals surface area contributed by atoms with Crippen molar-refractivity contribution in [3.63, 3.8) is 0 Å². The van der Waals surface area contributed by atoms with Gasteiger partial charge >= 0.3 is 0 Å². The highest BCUT2D eigenvalue weighted by Crippen LogP contribution is 2.43. The Hall–Kier alpha value is -2.90. The molecule has 2 N–H and O–H groups in total. The van der Waals surface area contributed by atoms with Gasteiger partial charge in [0.1, 0.15) is 22.2 Å². The van der Waals surface area contributed by atoms with E-state index in [1.54, 1.807) is 25.6 Å².